The first-order valence-electron chi connectivity index (χ1n) is 6.03. The molecule has 0 aromatic heterocycles. The van der Waals surface area contributed by atoms with Crippen molar-refractivity contribution >= 4 is 5.69 Å². The molecule has 1 aliphatic rings. The van der Waals surface area contributed by atoms with Crippen molar-refractivity contribution in [2.24, 2.45) is 0 Å². The molecule has 2 nitrogen and oxygen atoms in total. The molecule has 0 aliphatic carbocycles. The van der Waals surface area contributed by atoms with E-state index in [0.29, 0.717) is 6.04 Å². The Morgan fingerprint density at radius 1 is 1.44 bits per heavy atom. The van der Waals surface area contributed by atoms with Crippen molar-refractivity contribution < 1.29 is 0 Å². The average molecular weight is 216 g/mol. The molecule has 1 unspecified atom stereocenters. The lowest BCUT2D eigenvalue weighted by atomic mass is 10.1. The molecular weight excluding hydrogens is 196 g/mol. The van der Waals surface area contributed by atoms with Crippen LogP contribution in [0.2, 0.25) is 0 Å². The molecule has 2 N–H and O–H groups in total. The van der Waals surface area contributed by atoms with E-state index in [9.17, 15) is 0 Å². The number of hydrogen-bond donors (Lipinski definition) is 2. The second-order valence-corrected chi connectivity index (χ2v) is 4.33. The van der Waals surface area contributed by atoms with E-state index in [1.165, 1.54) is 29.8 Å². The molecule has 1 atom stereocenters. The van der Waals surface area contributed by atoms with Crippen LogP contribution in [-0.4, -0.2) is 12.6 Å². The van der Waals surface area contributed by atoms with Gasteiger partial charge >= 0.3 is 0 Å². The second-order valence-electron chi connectivity index (χ2n) is 4.33. The number of anilines is 1. The Morgan fingerprint density at radius 2 is 2.25 bits per heavy atom. The van der Waals surface area contributed by atoms with Crippen molar-refractivity contribution in [1.82, 2.24) is 5.32 Å². The molecule has 1 fully saturated rings. The predicted octanol–water partition coefficient (Wildman–Crippen LogP) is 3.06. The first-order chi connectivity index (χ1) is 7.81. The Morgan fingerprint density at radius 3 is 2.88 bits per heavy atom. The number of para-hydroxylation sites is 1. The van der Waals surface area contributed by atoms with Gasteiger partial charge in [0.05, 0.1) is 0 Å². The van der Waals surface area contributed by atoms with Crippen molar-refractivity contribution in [1.29, 1.82) is 0 Å². The first-order valence-corrected chi connectivity index (χ1v) is 6.03. The topological polar surface area (TPSA) is 24.1 Å². The zero-order valence-corrected chi connectivity index (χ0v) is 10.1. The molecule has 0 amide bonds. The van der Waals surface area contributed by atoms with E-state index in [1.54, 1.807) is 0 Å². The molecule has 1 aromatic carbocycles. The fourth-order valence-electron chi connectivity index (χ4n) is 2.18. The fraction of sp³-hybridized carbons (Fsp3) is 0.429. The van der Waals surface area contributed by atoms with Crippen LogP contribution < -0.4 is 10.6 Å². The van der Waals surface area contributed by atoms with Gasteiger partial charge in [0, 0.05) is 17.4 Å². The Hall–Kier alpha value is -1.28. The van der Waals surface area contributed by atoms with Crippen LogP contribution in [0.5, 0.6) is 0 Å². The summed E-state index contributed by atoms with van der Waals surface area (Å²) in [7, 11) is 0. The van der Waals surface area contributed by atoms with Crippen molar-refractivity contribution in [3.8, 4) is 0 Å². The first kappa shape index (κ1) is 11.2. The summed E-state index contributed by atoms with van der Waals surface area (Å²) < 4.78 is 0. The van der Waals surface area contributed by atoms with Crippen molar-refractivity contribution in [3.05, 3.63) is 41.6 Å². The zero-order valence-electron chi connectivity index (χ0n) is 10.1. The molecule has 2 rings (SSSR count). The van der Waals surface area contributed by atoms with E-state index in [2.05, 4.69) is 54.8 Å². The van der Waals surface area contributed by atoms with Gasteiger partial charge in [0.2, 0.25) is 0 Å². The molecule has 2 heteroatoms. The van der Waals surface area contributed by atoms with Crippen molar-refractivity contribution in [2.75, 3.05) is 11.9 Å². The van der Waals surface area contributed by atoms with E-state index in [-0.39, 0.29) is 0 Å². The number of allylic oxidation sites excluding steroid dienone is 1. The van der Waals surface area contributed by atoms with Gasteiger partial charge in [-0.2, -0.15) is 0 Å². The minimum Gasteiger partial charge on any atom is -0.358 e. The molecule has 1 heterocycles. The number of benzene rings is 1. The third-order valence-corrected chi connectivity index (χ3v) is 3.17. The van der Waals surface area contributed by atoms with Crippen LogP contribution in [0, 0.1) is 6.92 Å². The molecule has 1 saturated heterocycles. The summed E-state index contributed by atoms with van der Waals surface area (Å²) >= 11 is 0. The third kappa shape index (κ3) is 2.45. The van der Waals surface area contributed by atoms with Gasteiger partial charge in [-0.15, -0.1) is 0 Å². The average Bonchev–Trinajstić information content (AvgIpc) is 2.81. The van der Waals surface area contributed by atoms with Gasteiger partial charge in [0.1, 0.15) is 0 Å². The lowest BCUT2D eigenvalue weighted by Gasteiger charge is -2.18. The molecule has 16 heavy (non-hydrogen) atoms. The Bertz CT molecular complexity index is 376. The van der Waals surface area contributed by atoms with Gasteiger partial charge in [-0.3, -0.25) is 0 Å². The van der Waals surface area contributed by atoms with Gasteiger partial charge in [-0.05, 0) is 44.9 Å². The third-order valence-electron chi connectivity index (χ3n) is 3.17. The van der Waals surface area contributed by atoms with Crippen LogP contribution in [0.4, 0.5) is 5.69 Å². The van der Waals surface area contributed by atoms with E-state index in [1.807, 2.05) is 0 Å². The van der Waals surface area contributed by atoms with Crippen molar-refractivity contribution in [3.63, 3.8) is 0 Å². The summed E-state index contributed by atoms with van der Waals surface area (Å²) in [5.74, 6) is 0. The number of nitrogens with one attached hydrogen (secondary N) is 2. The molecule has 86 valence electrons. The van der Waals surface area contributed by atoms with Gasteiger partial charge in [-0.25, -0.2) is 0 Å². The minimum absolute atomic E-state index is 0.504. The highest BCUT2D eigenvalue weighted by atomic mass is 15.0. The molecule has 0 spiro atoms. The van der Waals surface area contributed by atoms with Crippen LogP contribution in [0.15, 0.2) is 36.0 Å². The van der Waals surface area contributed by atoms with Gasteiger partial charge in [0.25, 0.3) is 0 Å². The highest BCUT2D eigenvalue weighted by molar-refractivity contribution is 5.54. The number of hydrogen-bond acceptors (Lipinski definition) is 2. The molecule has 1 aliphatic heterocycles. The maximum Gasteiger partial charge on any atom is 0.0470 e. The van der Waals surface area contributed by atoms with Crippen LogP contribution >= 0.6 is 0 Å². The lowest BCUT2D eigenvalue weighted by Crippen LogP contribution is -2.27. The highest BCUT2D eigenvalue weighted by Gasteiger charge is 2.18. The van der Waals surface area contributed by atoms with E-state index in [4.69, 9.17) is 0 Å². The standard InChI is InChI=1S/C14H20N2/c1-3-12(14-9-6-10-15-14)16-13-8-5-4-7-11(13)2/h3-5,7-8,14-16H,6,9-10H2,1-2H3/b12-3+. The Labute approximate surface area is 97.8 Å². The van der Waals surface area contributed by atoms with E-state index >= 15 is 0 Å². The summed E-state index contributed by atoms with van der Waals surface area (Å²) in [4.78, 5) is 0. The maximum atomic E-state index is 3.54. The summed E-state index contributed by atoms with van der Waals surface area (Å²) in [6, 6.07) is 8.92. The second kappa shape index (κ2) is 5.17. The minimum atomic E-state index is 0.504. The molecule has 0 saturated carbocycles. The molecular formula is C14H20N2. The summed E-state index contributed by atoms with van der Waals surface area (Å²) in [6.07, 6.45) is 4.69. The van der Waals surface area contributed by atoms with Crippen LogP contribution in [0.25, 0.3) is 0 Å². The SMILES string of the molecule is C/C=C(/Nc1ccccc1C)C1CCCN1. The monoisotopic (exact) mass is 216 g/mol. The Kier molecular flexibility index (Phi) is 3.62. The maximum absolute atomic E-state index is 3.54. The van der Waals surface area contributed by atoms with Gasteiger partial charge in [0.15, 0.2) is 0 Å². The molecule has 0 radical (unpaired) electrons. The van der Waals surface area contributed by atoms with Crippen LogP contribution in [0.1, 0.15) is 25.3 Å². The summed E-state index contributed by atoms with van der Waals surface area (Å²) in [5, 5.41) is 7.05. The number of rotatable bonds is 3. The smallest absolute Gasteiger partial charge is 0.0470 e. The summed E-state index contributed by atoms with van der Waals surface area (Å²) in [5.41, 5.74) is 3.80. The fourth-order valence-corrected chi connectivity index (χ4v) is 2.18. The van der Waals surface area contributed by atoms with Crippen molar-refractivity contribution in [2.45, 2.75) is 32.7 Å². The van der Waals surface area contributed by atoms with Gasteiger partial charge in [-0.1, -0.05) is 24.3 Å². The van der Waals surface area contributed by atoms with Gasteiger partial charge < -0.3 is 10.6 Å². The Balaban J connectivity index is 2.10. The zero-order chi connectivity index (χ0) is 11.4. The van der Waals surface area contributed by atoms with E-state index < -0.39 is 0 Å². The number of aryl methyl sites for hydroxylation is 1. The predicted molar refractivity (Wildman–Crippen MR) is 69.6 cm³/mol. The summed E-state index contributed by atoms with van der Waals surface area (Å²) in [6.45, 7) is 5.37. The molecule has 1 aromatic rings. The van der Waals surface area contributed by atoms with E-state index in [0.717, 1.165) is 6.54 Å². The largest absolute Gasteiger partial charge is 0.358 e. The van der Waals surface area contributed by atoms with Crippen LogP contribution in [-0.2, 0) is 0 Å². The normalized spacial score (nSPS) is 21.1. The quantitative estimate of drug-likeness (QED) is 0.811. The van der Waals surface area contributed by atoms with Crippen LogP contribution in [0.3, 0.4) is 0 Å². The highest BCUT2D eigenvalue weighted by Crippen LogP contribution is 2.20. The molecule has 0 bridgehead atoms. The lowest BCUT2D eigenvalue weighted by molar-refractivity contribution is 0.691.